The minimum absolute atomic E-state index is 0.170. The van der Waals surface area contributed by atoms with E-state index in [0.717, 1.165) is 17.8 Å². The zero-order chi connectivity index (χ0) is 12.4. The third kappa shape index (κ3) is 3.19. The van der Waals surface area contributed by atoms with Crippen LogP contribution in [0.15, 0.2) is 0 Å². The van der Waals surface area contributed by atoms with Crippen LogP contribution in [0.3, 0.4) is 0 Å². The third-order valence-corrected chi connectivity index (χ3v) is 4.52. The number of carboxylic acid groups (broad SMARTS) is 1. The summed E-state index contributed by atoms with van der Waals surface area (Å²) < 4.78 is 0. The number of rotatable bonds is 6. The average molecular weight is 241 g/mol. The van der Waals surface area contributed by atoms with Crippen LogP contribution in [0, 0.1) is 17.8 Å². The van der Waals surface area contributed by atoms with Crippen molar-refractivity contribution in [1.82, 2.24) is 5.32 Å². The first-order chi connectivity index (χ1) is 8.06. The quantitative estimate of drug-likeness (QED) is 0.654. The van der Waals surface area contributed by atoms with Gasteiger partial charge in [0.15, 0.2) is 0 Å². The summed E-state index contributed by atoms with van der Waals surface area (Å²) in [5.74, 6) is 1.58. The van der Waals surface area contributed by atoms with Crippen LogP contribution >= 0.6 is 0 Å². The summed E-state index contributed by atoms with van der Waals surface area (Å²) >= 11 is 0. The summed E-state index contributed by atoms with van der Waals surface area (Å²) in [5, 5.41) is 21.4. The van der Waals surface area contributed by atoms with Crippen molar-refractivity contribution in [2.45, 2.75) is 51.2 Å². The number of aliphatic carboxylic acids is 1. The molecule has 4 heteroatoms. The van der Waals surface area contributed by atoms with E-state index in [1.807, 2.05) is 0 Å². The monoisotopic (exact) mass is 241 g/mol. The van der Waals surface area contributed by atoms with Crippen LogP contribution in [0.4, 0.5) is 0 Å². The van der Waals surface area contributed by atoms with E-state index in [1.165, 1.54) is 25.7 Å². The fraction of sp³-hybridized carbons (Fsp3) is 0.923. The van der Waals surface area contributed by atoms with E-state index in [2.05, 4.69) is 12.2 Å². The molecule has 0 saturated heterocycles. The number of carboxylic acids is 1. The maximum Gasteiger partial charge on any atom is 0.306 e. The van der Waals surface area contributed by atoms with Crippen LogP contribution in [0.25, 0.3) is 0 Å². The molecular weight excluding hydrogens is 218 g/mol. The molecule has 4 nitrogen and oxygen atoms in total. The van der Waals surface area contributed by atoms with E-state index >= 15 is 0 Å². The number of carbonyl (C=O) groups is 1. The van der Waals surface area contributed by atoms with E-state index in [9.17, 15) is 9.90 Å². The Bertz CT molecular complexity index is 282. The molecule has 5 unspecified atom stereocenters. The molecule has 0 amide bonds. The minimum atomic E-state index is -0.938. The lowest BCUT2D eigenvalue weighted by atomic mass is 9.84. The summed E-state index contributed by atoms with van der Waals surface area (Å²) in [6, 6.07) is 0.397. The molecule has 0 aromatic heterocycles. The van der Waals surface area contributed by atoms with Gasteiger partial charge < -0.3 is 15.5 Å². The molecule has 0 spiro atoms. The maximum absolute atomic E-state index is 10.4. The summed E-state index contributed by atoms with van der Waals surface area (Å²) in [6.45, 7) is 2.56. The van der Waals surface area contributed by atoms with E-state index < -0.39 is 12.1 Å². The van der Waals surface area contributed by atoms with Gasteiger partial charge in [0, 0.05) is 12.6 Å². The number of fused-ring (bicyclic) bond motifs is 2. The second kappa shape index (κ2) is 5.36. The highest BCUT2D eigenvalue weighted by Crippen LogP contribution is 2.49. The van der Waals surface area contributed by atoms with Crippen molar-refractivity contribution in [3.05, 3.63) is 0 Å². The first-order valence-corrected chi connectivity index (χ1v) is 6.69. The van der Waals surface area contributed by atoms with Gasteiger partial charge >= 0.3 is 5.97 Å². The highest BCUT2D eigenvalue weighted by Gasteiger charge is 2.41. The second-order valence-corrected chi connectivity index (χ2v) is 5.79. The molecule has 0 aromatic carbocycles. The number of hydrogen-bond acceptors (Lipinski definition) is 3. The zero-order valence-corrected chi connectivity index (χ0v) is 10.4. The first kappa shape index (κ1) is 12.8. The van der Waals surface area contributed by atoms with Gasteiger partial charge in [-0.25, -0.2) is 0 Å². The number of aliphatic hydroxyl groups is 1. The third-order valence-electron chi connectivity index (χ3n) is 4.52. The number of hydrogen-bond donors (Lipinski definition) is 3. The van der Waals surface area contributed by atoms with Crippen LogP contribution in [0.2, 0.25) is 0 Å². The van der Waals surface area contributed by atoms with Crippen LogP contribution in [0.5, 0.6) is 0 Å². The maximum atomic E-state index is 10.4. The lowest BCUT2D eigenvalue weighted by molar-refractivity contribution is -0.139. The summed E-state index contributed by atoms with van der Waals surface area (Å²) in [7, 11) is 0. The lowest BCUT2D eigenvalue weighted by Crippen LogP contribution is -2.40. The summed E-state index contributed by atoms with van der Waals surface area (Å²) in [4.78, 5) is 10.4. The first-order valence-electron chi connectivity index (χ1n) is 6.69. The Morgan fingerprint density at radius 1 is 1.41 bits per heavy atom. The molecular formula is C13H23NO3. The fourth-order valence-electron chi connectivity index (χ4n) is 3.65. The van der Waals surface area contributed by atoms with Gasteiger partial charge in [0.05, 0.1) is 12.5 Å². The van der Waals surface area contributed by atoms with Crippen LogP contribution in [-0.2, 0) is 4.79 Å². The molecule has 2 rings (SSSR count). The molecule has 98 valence electrons. The van der Waals surface area contributed by atoms with Crippen molar-refractivity contribution in [2.75, 3.05) is 6.54 Å². The lowest BCUT2D eigenvalue weighted by Gasteiger charge is -2.29. The Kier molecular flexibility index (Phi) is 4.05. The van der Waals surface area contributed by atoms with E-state index in [4.69, 9.17) is 5.11 Å². The van der Waals surface area contributed by atoms with E-state index in [-0.39, 0.29) is 6.42 Å². The molecule has 0 aromatic rings. The van der Waals surface area contributed by atoms with Crippen LogP contribution in [-0.4, -0.2) is 34.9 Å². The molecule has 0 aliphatic heterocycles. The second-order valence-electron chi connectivity index (χ2n) is 5.79. The molecule has 5 atom stereocenters. The van der Waals surface area contributed by atoms with Gasteiger partial charge in [0.1, 0.15) is 0 Å². The molecule has 2 aliphatic rings. The largest absolute Gasteiger partial charge is 0.481 e. The predicted molar refractivity (Wildman–Crippen MR) is 64.7 cm³/mol. The zero-order valence-electron chi connectivity index (χ0n) is 10.4. The van der Waals surface area contributed by atoms with Gasteiger partial charge in [-0.1, -0.05) is 6.42 Å². The molecule has 2 aliphatic carbocycles. The summed E-state index contributed by atoms with van der Waals surface area (Å²) in [6.07, 6.45) is 4.52. The Labute approximate surface area is 102 Å². The molecule has 2 bridgehead atoms. The number of nitrogens with one attached hydrogen (secondary N) is 1. The Morgan fingerprint density at radius 3 is 2.71 bits per heavy atom. The summed E-state index contributed by atoms with van der Waals surface area (Å²) in [5.41, 5.74) is 0. The molecule has 0 radical (unpaired) electrons. The van der Waals surface area contributed by atoms with Crippen molar-refractivity contribution in [3.8, 4) is 0 Å². The van der Waals surface area contributed by atoms with Gasteiger partial charge in [0.25, 0.3) is 0 Å². The topological polar surface area (TPSA) is 69.6 Å². The van der Waals surface area contributed by atoms with E-state index in [1.54, 1.807) is 0 Å². The normalized spacial score (nSPS) is 34.8. The van der Waals surface area contributed by atoms with Crippen molar-refractivity contribution in [2.24, 2.45) is 17.8 Å². The number of aliphatic hydroxyl groups excluding tert-OH is 1. The smallest absolute Gasteiger partial charge is 0.306 e. The molecule has 3 N–H and O–H groups in total. The van der Waals surface area contributed by atoms with Crippen LogP contribution in [0.1, 0.15) is 39.0 Å². The standard InChI is InChI=1S/C13H23NO3/c1-8(14-7-11(15)6-13(16)17)12-5-9-2-3-10(12)4-9/h8-12,14-15H,2-7H2,1H3,(H,16,17). The predicted octanol–water partition coefficient (Wildman–Crippen LogP) is 1.24. The van der Waals surface area contributed by atoms with Gasteiger partial charge in [-0.05, 0) is 43.9 Å². The Hall–Kier alpha value is -0.610. The van der Waals surface area contributed by atoms with Crippen molar-refractivity contribution in [1.29, 1.82) is 0 Å². The van der Waals surface area contributed by atoms with Gasteiger partial charge in [-0.2, -0.15) is 0 Å². The Morgan fingerprint density at radius 2 is 2.18 bits per heavy atom. The fourth-order valence-corrected chi connectivity index (χ4v) is 3.65. The molecule has 2 fully saturated rings. The molecule has 2 saturated carbocycles. The molecule has 17 heavy (non-hydrogen) atoms. The van der Waals surface area contributed by atoms with Crippen molar-refractivity contribution < 1.29 is 15.0 Å². The van der Waals surface area contributed by atoms with Crippen molar-refractivity contribution in [3.63, 3.8) is 0 Å². The average Bonchev–Trinajstić information content (AvgIpc) is 2.86. The van der Waals surface area contributed by atoms with Gasteiger partial charge in [0.2, 0.25) is 0 Å². The van der Waals surface area contributed by atoms with Gasteiger partial charge in [-0.3, -0.25) is 4.79 Å². The SMILES string of the molecule is CC(NCC(O)CC(=O)O)C1CC2CCC1C2. The highest BCUT2D eigenvalue weighted by atomic mass is 16.4. The molecule has 0 heterocycles. The van der Waals surface area contributed by atoms with E-state index in [0.29, 0.717) is 12.6 Å². The Balaban J connectivity index is 1.70. The van der Waals surface area contributed by atoms with Crippen molar-refractivity contribution >= 4 is 5.97 Å². The van der Waals surface area contributed by atoms with Gasteiger partial charge in [-0.15, -0.1) is 0 Å². The minimum Gasteiger partial charge on any atom is -0.481 e. The van der Waals surface area contributed by atoms with Crippen LogP contribution < -0.4 is 5.32 Å². The highest BCUT2D eigenvalue weighted by molar-refractivity contribution is 5.67.